The van der Waals surface area contributed by atoms with Crippen LogP contribution in [0.25, 0.3) is 11.2 Å². The second kappa shape index (κ2) is 27.6. The Morgan fingerprint density at radius 2 is 1.32 bits per heavy atom. The average molecular weight is 1040 g/mol. The number of thiocarbonyl (C=S) groups is 1. The molecule has 3 heterocycles. The van der Waals surface area contributed by atoms with Gasteiger partial charge in [0.15, 0.2) is 16.3 Å². The molecule has 0 radical (unpaired) electrons. The van der Waals surface area contributed by atoms with Gasteiger partial charge in [0.25, 0.3) is 11.5 Å². The van der Waals surface area contributed by atoms with Crippen LogP contribution in [0.4, 0.5) is 17.3 Å². The number of hydrogen-bond acceptors (Lipinski definition) is 18. The summed E-state index contributed by atoms with van der Waals surface area (Å²) in [6.07, 6.45) is 1.33. The molecule has 2 amide bonds. The number of nitrogen functional groups attached to an aromatic ring is 1. The first kappa shape index (κ1) is 56.0. The number of nitrogens with one attached hydrogen (secondary N) is 6. The molecule has 392 valence electrons. The Balaban J connectivity index is 1.07. The number of rotatable bonds is 23. The minimum Gasteiger partial charge on any atom is -0.480 e. The molecule has 1 saturated heterocycles. The van der Waals surface area contributed by atoms with Crippen LogP contribution in [0.2, 0.25) is 0 Å². The zero-order valence-electron chi connectivity index (χ0n) is 39.5. The van der Waals surface area contributed by atoms with E-state index in [9.17, 15) is 63.9 Å². The van der Waals surface area contributed by atoms with Crippen LogP contribution in [-0.4, -0.2) is 209 Å². The van der Waals surface area contributed by atoms with Gasteiger partial charge in [-0.05, 0) is 67.0 Å². The lowest BCUT2D eigenvalue weighted by atomic mass is 10.0. The monoisotopic (exact) mass is 1030 g/mol. The fraction of sp³-hybridized carbons (Fsp3) is 0.422. The number of anilines is 3. The van der Waals surface area contributed by atoms with E-state index in [1.165, 1.54) is 18.3 Å². The zero-order chi connectivity index (χ0) is 53.0. The average Bonchev–Trinajstić information content (AvgIpc) is 3.32. The Morgan fingerprint density at radius 3 is 1.93 bits per heavy atom. The number of amides is 2. The first-order valence-corrected chi connectivity index (χ1v) is 23.3. The van der Waals surface area contributed by atoms with Crippen LogP contribution >= 0.6 is 12.2 Å². The van der Waals surface area contributed by atoms with Gasteiger partial charge in [0, 0.05) is 88.3 Å². The Kier molecular flexibility index (Phi) is 21.2. The molecule has 28 heteroatoms. The zero-order valence-corrected chi connectivity index (χ0v) is 40.3. The number of H-pyrrole nitrogens is 1. The van der Waals surface area contributed by atoms with Crippen LogP contribution in [0.15, 0.2) is 59.5 Å². The fourth-order valence-corrected chi connectivity index (χ4v) is 7.98. The molecule has 2 unspecified atom stereocenters. The van der Waals surface area contributed by atoms with Crippen LogP contribution in [-0.2, 0) is 41.7 Å². The van der Waals surface area contributed by atoms with Crippen molar-refractivity contribution in [1.29, 1.82) is 0 Å². The lowest BCUT2D eigenvalue weighted by molar-refractivity contribution is -0.142. The molecule has 2 aromatic heterocycles. The van der Waals surface area contributed by atoms with Gasteiger partial charge in [-0.15, -0.1) is 0 Å². The number of carboxylic acids is 5. The van der Waals surface area contributed by atoms with Gasteiger partial charge >= 0.3 is 29.8 Å². The summed E-state index contributed by atoms with van der Waals surface area (Å²) in [4.78, 5) is 118. The van der Waals surface area contributed by atoms with Gasteiger partial charge in [-0.2, -0.15) is 4.98 Å². The van der Waals surface area contributed by atoms with Crippen LogP contribution < -0.4 is 37.9 Å². The van der Waals surface area contributed by atoms with Crippen molar-refractivity contribution in [3.05, 3.63) is 81.9 Å². The summed E-state index contributed by atoms with van der Waals surface area (Å²) in [5, 5.41) is 62.9. The number of carbonyl (C=O) groups is 7. The van der Waals surface area contributed by atoms with Crippen molar-refractivity contribution in [2.75, 3.05) is 101 Å². The van der Waals surface area contributed by atoms with Crippen LogP contribution in [0.3, 0.4) is 0 Å². The summed E-state index contributed by atoms with van der Waals surface area (Å²) >= 11 is 5.42. The van der Waals surface area contributed by atoms with E-state index in [0.717, 1.165) is 5.56 Å². The normalized spacial score (nSPS) is 15.7. The molecule has 1 aliphatic heterocycles. The molecule has 0 bridgehead atoms. The predicted octanol–water partition coefficient (Wildman–Crippen LogP) is -1.56. The first-order chi connectivity index (χ1) is 34.8. The number of fused-ring (bicyclic) bond motifs is 1. The molecule has 73 heavy (non-hydrogen) atoms. The molecule has 1 fully saturated rings. The van der Waals surface area contributed by atoms with E-state index >= 15 is 0 Å². The Bertz CT molecular complexity index is 2660. The minimum atomic E-state index is -1.36. The number of aliphatic carboxylic acids is 5. The predicted molar refractivity (Wildman–Crippen MR) is 267 cm³/mol. The van der Waals surface area contributed by atoms with Gasteiger partial charge in [-0.25, -0.2) is 14.8 Å². The number of nitrogens with two attached hydrogens (primary N) is 1. The molecule has 2 atom stereocenters. The maximum atomic E-state index is 12.9. The fourth-order valence-electron chi connectivity index (χ4n) is 7.76. The van der Waals surface area contributed by atoms with Crippen molar-refractivity contribution in [3.8, 4) is 0 Å². The lowest BCUT2D eigenvalue weighted by Crippen LogP contribution is -2.53. The first-order valence-electron chi connectivity index (χ1n) is 22.9. The van der Waals surface area contributed by atoms with Gasteiger partial charge in [0.2, 0.25) is 11.9 Å². The number of carbonyl (C=O) groups excluding carboxylic acids is 2. The summed E-state index contributed by atoms with van der Waals surface area (Å²) in [6, 6.07) is 11.3. The van der Waals surface area contributed by atoms with E-state index in [2.05, 4.69) is 46.5 Å². The highest BCUT2D eigenvalue weighted by molar-refractivity contribution is 7.80. The molecular formula is C45H58N14O13S. The maximum Gasteiger partial charge on any atom is 0.326 e. The molecule has 0 saturated carbocycles. The third kappa shape index (κ3) is 19.3. The SMILES string of the molecule is Nc1nc2ncc(CNc3ccc(C(=O)NC(CCC(=O)NCCNC(=S)Nc4ccc(CC5CN(CC(=O)O)CCN(CC(=O)O)CCN(CC(=O)O)CCN5CC(=O)O)cc4)C(=O)O)cc3)nc2c(=O)[nH]1. The third-order valence-electron chi connectivity index (χ3n) is 11.4. The van der Waals surface area contributed by atoms with E-state index in [0.29, 0.717) is 17.1 Å². The summed E-state index contributed by atoms with van der Waals surface area (Å²) in [5.74, 6) is -6.95. The molecule has 5 rings (SSSR count). The van der Waals surface area contributed by atoms with Crippen molar-refractivity contribution in [1.82, 2.24) is 55.5 Å². The van der Waals surface area contributed by atoms with Gasteiger partial charge < -0.3 is 57.9 Å². The largest absolute Gasteiger partial charge is 0.480 e. The smallest absolute Gasteiger partial charge is 0.326 e. The Labute approximate surface area is 422 Å². The molecule has 4 aromatic rings. The van der Waals surface area contributed by atoms with E-state index in [1.54, 1.807) is 56.0 Å². The molecule has 0 spiro atoms. The lowest BCUT2D eigenvalue weighted by Gasteiger charge is -2.37. The van der Waals surface area contributed by atoms with Gasteiger partial charge in [-0.3, -0.25) is 58.1 Å². The van der Waals surface area contributed by atoms with Crippen molar-refractivity contribution in [2.45, 2.75) is 37.9 Å². The van der Waals surface area contributed by atoms with Gasteiger partial charge in [0.05, 0.1) is 44.6 Å². The summed E-state index contributed by atoms with van der Waals surface area (Å²) in [7, 11) is 0. The quantitative estimate of drug-likeness (QED) is 0.0295. The minimum absolute atomic E-state index is 0.0259. The molecule has 27 nitrogen and oxygen atoms in total. The highest BCUT2D eigenvalue weighted by atomic mass is 32.1. The van der Waals surface area contributed by atoms with Gasteiger partial charge in [0.1, 0.15) is 6.04 Å². The Morgan fingerprint density at radius 1 is 0.740 bits per heavy atom. The van der Waals surface area contributed by atoms with Crippen molar-refractivity contribution in [2.24, 2.45) is 0 Å². The van der Waals surface area contributed by atoms with E-state index in [4.69, 9.17) is 18.0 Å². The number of hydrogen-bond donors (Lipinski definition) is 12. The standard InChI is InChI=1S/C45H58N14O13S/c46-44-54-40-39(42(70)55-44)51-31(21-50-40)20-49-29-7-3-28(4-8-29)41(69)53-33(43(71)72)9-10-34(60)47-11-12-48-45(73)52-30-5-1-27(2-6-30)19-32-22-58(25-37(65)66)16-15-56(23-35(61)62)13-14-57(24-36(63)64)17-18-59(32)26-38(67)68/h1-8,21,32-33,49H,9-20,22-26H2,(H,47,60)(H,53,69)(H,61,62)(H,63,64)(H,65,66)(H,67,68)(H,71,72)(H2,48,52,73)(H3,46,50,54,55,70). The number of benzene rings is 2. The van der Waals surface area contributed by atoms with Crippen LogP contribution in [0, 0.1) is 0 Å². The topological polar surface area (TPSA) is 391 Å². The summed E-state index contributed by atoms with van der Waals surface area (Å²) < 4.78 is 0. The third-order valence-corrected chi connectivity index (χ3v) is 11.6. The van der Waals surface area contributed by atoms with E-state index in [1.807, 2.05) is 0 Å². The van der Waals surface area contributed by atoms with Crippen LogP contribution in [0.5, 0.6) is 0 Å². The second-order valence-electron chi connectivity index (χ2n) is 16.9. The summed E-state index contributed by atoms with van der Waals surface area (Å²) in [6.45, 7) is 0.201. The second-order valence-corrected chi connectivity index (χ2v) is 17.3. The maximum absolute atomic E-state index is 12.9. The Hall–Kier alpha value is -7.92. The van der Waals surface area contributed by atoms with Gasteiger partial charge in [-0.1, -0.05) is 12.1 Å². The number of aromatic amines is 1. The van der Waals surface area contributed by atoms with E-state index < -0.39 is 65.8 Å². The molecule has 1 aliphatic rings. The van der Waals surface area contributed by atoms with Crippen LogP contribution in [0.1, 0.15) is 34.5 Å². The molecule has 0 aliphatic carbocycles. The highest BCUT2D eigenvalue weighted by Crippen LogP contribution is 2.17. The van der Waals surface area contributed by atoms with Crippen molar-refractivity contribution < 1.29 is 59.1 Å². The molecule has 2 aromatic carbocycles. The molecule has 13 N–H and O–H groups in total. The van der Waals surface area contributed by atoms with Crippen molar-refractivity contribution in [3.63, 3.8) is 0 Å². The molecular weight excluding hydrogens is 977 g/mol. The number of nitrogens with zero attached hydrogens (tertiary/aromatic N) is 7. The van der Waals surface area contributed by atoms with E-state index in [-0.39, 0.29) is 132 Å². The van der Waals surface area contributed by atoms with Crippen molar-refractivity contribution >= 4 is 87.5 Å². The highest BCUT2D eigenvalue weighted by Gasteiger charge is 2.28. The number of carboxylic acid groups (broad SMARTS) is 5. The summed E-state index contributed by atoms with van der Waals surface area (Å²) in [5.41, 5.74) is 7.72. The number of aromatic nitrogens is 4.